The first-order chi connectivity index (χ1) is 17.1. The maximum atomic E-state index is 12.0. The first-order valence-corrected chi connectivity index (χ1v) is 11.5. The zero-order valence-corrected chi connectivity index (χ0v) is 19.3. The summed E-state index contributed by atoms with van der Waals surface area (Å²) < 4.78 is 0. The molecule has 0 bridgehead atoms. The van der Waals surface area contributed by atoms with Gasteiger partial charge in [-0.2, -0.15) is 5.10 Å². The van der Waals surface area contributed by atoms with Gasteiger partial charge < -0.3 is 10.2 Å². The van der Waals surface area contributed by atoms with E-state index < -0.39 is 0 Å². The average molecular weight is 473 g/mol. The number of carbonyl (C=O) groups is 1. The van der Waals surface area contributed by atoms with Crippen molar-refractivity contribution in [2.75, 3.05) is 42.9 Å². The van der Waals surface area contributed by atoms with Crippen LogP contribution in [0, 0.1) is 10.1 Å². The van der Waals surface area contributed by atoms with Gasteiger partial charge in [0, 0.05) is 50.0 Å². The highest BCUT2D eigenvalue weighted by molar-refractivity contribution is 5.86. The van der Waals surface area contributed by atoms with Crippen molar-refractivity contribution in [2.45, 2.75) is 6.54 Å². The normalized spacial score (nSPS) is 14.1. The second kappa shape index (κ2) is 11.8. The highest BCUT2D eigenvalue weighted by atomic mass is 16.6. The SMILES string of the molecule is O=C(CNc1ccccc1)N/N=C/c1ccc(N2CCN(Cc3ccccc3)CC2)c([N+](=O)[O-])c1. The molecule has 180 valence electrons. The van der Waals surface area contributed by atoms with Gasteiger partial charge in [0.25, 0.3) is 11.6 Å². The lowest BCUT2D eigenvalue weighted by molar-refractivity contribution is -0.384. The summed E-state index contributed by atoms with van der Waals surface area (Å²) >= 11 is 0. The Morgan fingerprint density at radius 1 is 0.971 bits per heavy atom. The van der Waals surface area contributed by atoms with Gasteiger partial charge in [0.1, 0.15) is 5.69 Å². The van der Waals surface area contributed by atoms with Gasteiger partial charge in [0.15, 0.2) is 0 Å². The van der Waals surface area contributed by atoms with Gasteiger partial charge in [-0.05, 0) is 23.8 Å². The summed E-state index contributed by atoms with van der Waals surface area (Å²) in [6, 6.07) is 24.7. The number of carbonyl (C=O) groups excluding carboxylic acids is 1. The molecule has 0 aliphatic carbocycles. The third-order valence-electron chi connectivity index (χ3n) is 5.79. The monoisotopic (exact) mass is 472 g/mol. The molecule has 0 aromatic heterocycles. The molecule has 1 aliphatic heterocycles. The van der Waals surface area contributed by atoms with E-state index in [1.807, 2.05) is 48.5 Å². The molecule has 0 saturated carbocycles. The molecule has 2 N–H and O–H groups in total. The molecule has 1 saturated heterocycles. The molecular weight excluding hydrogens is 444 g/mol. The molecule has 9 heteroatoms. The predicted octanol–water partition coefficient (Wildman–Crippen LogP) is 3.48. The Balaban J connectivity index is 1.32. The van der Waals surface area contributed by atoms with Crippen LogP contribution < -0.4 is 15.6 Å². The molecule has 1 aliphatic rings. The predicted molar refractivity (Wildman–Crippen MR) is 138 cm³/mol. The Bertz CT molecular complexity index is 1160. The number of hydrogen-bond acceptors (Lipinski definition) is 7. The van der Waals surface area contributed by atoms with Gasteiger partial charge >= 0.3 is 0 Å². The smallest absolute Gasteiger partial charge is 0.293 e. The summed E-state index contributed by atoms with van der Waals surface area (Å²) in [4.78, 5) is 27.8. The number of nitrogens with zero attached hydrogens (tertiary/aromatic N) is 4. The second-order valence-electron chi connectivity index (χ2n) is 8.27. The van der Waals surface area contributed by atoms with E-state index in [4.69, 9.17) is 0 Å². The van der Waals surface area contributed by atoms with E-state index in [1.165, 1.54) is 17.8 Å². The van der Waals surface area contributed by atoms with Gasteiger partial charge in [-0.15, -0.1) is 0 Å². The summed E-state index contributed by atoms with van der Waals surface area (Å²) in [5.74, 6) is -0.315. The van der Waals surface area contributed by atoms with Crippen LogP contribution in [0.25, 0.3) is 0 Å². The van der Waals surface area contributed by atoms with Crippen LogP contribution >= 0.6 is 0 Å². The number of nitrogens with one attached hydrogen (secondary N) is 2. The van der Waals surface area contributed by atoms with Gasteiger partial charge in [-0.1, -0.05) is 54.6 Å². The van der Waals surface area contributed by atoms with E-state index in [1.54, 1.807) is 12.1 Å². The minimum Gasteiger partial charge on any atom is -0.376 e. The molecule has 35 heavy (non-hydrogen) atoms. The second-order valence-corrected chi connectivity index (χ2v) is 8.27. The van der Waals surface area contributed by atoms with Crippen molar-refractivity contribution in [1.82, 2.24) is 10.3 Å². The molecule has 0 atom stereocenters. The molecule has 0 spiro atoms. The molecule has 1 amide bonds. The zero-order valence-electron chi connectivity index (χ0n) is 19.3. The summed E-state index contributed by atoms with van der Waals surface area (Å²) in [6.45, 7) is 4.03. The third-order valence-corrected chi connectivity index (χ3v) is 5.79. The number of nitro groups is 1. The van der Waals surface area contributed by atoms with Crippen molar-refractivity contribution < 1.29 is 9.72 Å². The molecule has 3 aromatic carbocycles. The van der Waals surface area contributed by atoms with Gasteiger partial charge in [0.05, 0.1) is 17.7 Å². The summed E-state index contributed by atoms with van der Waals surface area (Å²) in [6.07, 6.45) is 1.41. The molecule has 1 heterocycles. The van der Waals surface area contributed by atoms with Gasteiger partial charge in [-0.3, -0.25) is 19.8 Å². The van der Waals surface area contributed by atoms with Crippen LogP contribution in [0.15, 0.2) is 84.0 Å². The van der Waals surface area contributed by atoms with E-state index >= 15 is 0 Å². The molecule has 0 radical (unpaired) electrons. The van der Waals surface area contributed by atoms with E-state index in [2.05, 4.69) is 37.8 Å². The average Bonchev–Trinajstić information content (AvgIpc) is 2.89. The van der Waals surface area contributed by atoms with Crippen LogP contribution in [0.3, 0.4) is 0 Å². The third kappa shape index (κ3) is 6.87. The molecule has 9 nitrogen and oxygen atoms in total. The minimum atomic E-state index is -0.370. The van der Waals surface area contributed by atoms with Crippen LogP contribution in [0.1, 0.15) is 11.1 Å². The number of hydrogen-bond donors (Lipinski definition) is 2. The lowest BCUT2D eigenvalue weighted by Gasteiger charge is -2.35. The number of para-hydroxylation sites is 1. The summed E-state index contributed by atoms with van der Waals surface area (Å²) in [5.41, 5.74) is 5.70. The van der Waals surface area contributed by atoms with Crippen LogP contribution in [0.5, 0.6) is 0 Å². The molecule has 1 fully saturated rings. The van der Waals surface area contributed by atoms with Crippen molar-refractivity contribution in [3.63, 3.8) is 0 Å². The van der Waals surface area contributed by atoms with Crippen LogP contribution in [-0.4, -0.2) is 54.7 Å². The highest BCUT2D eigenvalue weighted by Crippen LogP contribution is 2.30. The van der Waals surface area contributed by atoms with E-state index in [0.29, 0.717) is 24.3 Å². The van der Waals surface area contributed by atoms with Gasteiger partial charge in [0.2, 0.25) is 0 Å². The summed E-state index contributed by atoms with van der Waals surface area (Å²) in [5, 5.41) is 18.7. The number of anilines is 2. The lowest BCUT2D eigenvalue weighted by atomic mass is 10.1. The Morgan fingerprint density at radius 2 is 1.66 bits per heavy atom. The van der Waals surface area contributed by atoms with E-state index in [0.717, 1.165) is 25.3 Å². The Kier molecular flexibility index (Phi) is 8.03. The van der Waals surface area contributed by atoms with Gasteiger partial charge in [-0.25, -0.2) is 5.43 Å². The number of piperazine rings is 1. The lowest BCUT2D eigenvalue weighted by Crippen LogP contribution is -2.46. The van der Waals surface area contributed by atoms with E-state index in [-0.39, 0.29) is 23.1 Å². The maximum absolute atomic E-state index is 12.0. The van der Waals surface area contributed by atoms with E-state index in [9.17, 15) is 14.9 Å². The largest absolute Gasteiger partial charge is 0.376 e. The van der Waals surface area contributed by atoms with Crippen molar-refractivity contribution in [3.8, 4) is 0 Å². The van der Waals surface area contributed by atoms with Crippen LogP contribution in [-0.2, 0) is 11.3 Å². The number of rotatable bonds is 9. The Hall–Kier alpha value is -4.24. The quantitative estimate of drug-likeness (QED) is 0.281. The van der Waals surface area contributed by atoms with Crippen molar-refractivity contribution >= 4 is 29.2 Å². The van der Waals surface area contributed by atoms with Crippen molar-refractivity contribution in [2.24, 2.45) is 5.10 Å². The zero-order chi connectivity index (χ0) is 24.5. The molecule has 3 aromatic rings. The fraction of sp³-hybridized carbons (Fsp3) is 0.231. The first-order valence-electron chi connectivity index (χ1n) is 11.5. The Labute approximate surface area is 204 Å². The van der Waals surface area contributed by atoms with Crippen LogP contribution in [0.4, 0.5) is 17.1 Å². The minimum absolute atomic E-state index is 0.0301. The molecule has 4 rings (SSSR count). The fourth-order valence-corrected chi connectivity index (χ4v) is 3.98. The topological polar surface area (TPSA) is 103 Å². The molecular formula is C26H28N6O3. The fourth-order valence-electron chi connectivity index (χ4n) is 3.98. The first kappa shape index (κ1) is 23.9. The summed E-state index contributed by atoms with van der Waals surface area (Å²) in [7, 11) is 0. The van der Waals surface area contributed by atoms with Crippen molar-refractivity contribution in [1.29, 1.82) is 0 Å². The molecule has 0 unspecified atom stereocenters. The number of nitro benzene ring substituents is 1. The van der Waals surface area contributed by atoms with Crippen molar-refractivity contribution in [3.05, 3.63) is 100 Å². The van der Waals surface area contributed by atoms with Crippen LogP contribution in [0.2, 0.25) is 0 Å². The standard InChI is InChI=1S/C26H28N6O3/c33-26(19-27-23-9-5-2-6-10-23)29-28-18-22-11-12-24(25(17-22)32(34)35)31-15-13-30(14-16-31)20-21-7-3-1-4-8-21/h1-12,17-18,27H,13-16,19-20H2,(H,29,33)/b28-18+. The Morgan fingerprint density at radius 3 is 2.34 bits per heavy atom. The highest BCUT2D eigenvalue weighted by Gasteiger charge is 2.24. The number of hydrazone groups is 1. The number of benzene rings is 3. The number of amides is 1. The maximum Gasteiger partial charge on any atom is 0.293 e.